The Labute approximate surface area is 117 Å². The first kappa shape index (κ1) is 12.8. The molecular formula is C13H17ClN4O. The molecule has 1 amide bonds. The average molecular weight is 281 g/mol. The number of carbonyl (C=O) groups excluding carboxylic acids is 1. The highest BCUT2D eigenvalue weighted by Crippen LogP contribution is 2.26. The topological polar surface area (TPSA) is 58.1 Å². The molecule has 6 heteroatoms. The van der Waals surface area contributed by atoms with Gasteiger partial charge in [0.1, 0.15) is 0 Å². The summed E-state index contributed by atoms with van der Waals surface area (Å²) in [6, 6.07) is 0.210. The average Bonchev–Trinajstić information content (AvgIpc) is 2.71. The Hall–Kier alpha value is -1.20. The van der Waals surface area contributed by atoms with Crippen LogP contribution in [0.3, 0.4) is 0 Å². The largest absolute Gasteiger partial charge is 0.345 e. The Morgan fingerprint density at radius 3 is 2.68 bits per heavy atom. The molecule has 19 heavy (non-hydrogen) atoms. The molecule has 2 bridgehead atoms. The molecular weight excluding hydrogens is 264 g/mol. The first-order valence-electron chi connectivity index (χ1n) is 6.71. The highest BCUT2D eigenvalue weighted by molar-refractivity contribution is 6.30. The van der Waals surface area contributed by atoms with Gasteiger partial charge in [0.15, 0.2) is 0 Å². The Kier molecular flexibility index (Phi) is 3.66. The van der Waals surface area contributed by atoms with E-state index in [1.165, 1.54) is 25.2 Å². The van der Waals surface area contributed by atoms with Crippen molar-refractivity contribution in [1.29, 1.82) is 0 Å². The highest BCUT2D eigenvalue weighted by atomic mass is 35.5. The first-order valence-corrected chi connectivity index (χ1v) is 7.09. The van der Waals surface area contributed by atoms with E-state index in [9.17, 15) is 4.79 Å². The van der Waals surface area contributed by atoms with Crippen LogP contribution < -0.4 is 5.32 Å². The summed E-state index contributed by atoms with van der Waals surface area (Å²) < 4.78 is 0. The van der Waals surface area contributed by atoms with E-state index in [-0.39, 0.29) is 17.8 Å². The van der Waals surface area contributed by atoms with Gasteiger partial charge in [-0.25, -0.2) is 9.97 Å². The van der Waals surface area contributed by atoms with Crippen LogP contribution in [0, 0.1) is 5.92 Å². The van der Waals surface area contributed by atoms with E-state index in [4.69, 9.17) is 11.6 Å². The Bertz CT molecular complexity index is 442. The number of aromatic nitrogens is 2. The molecule has 0 aliphatic carbocycles. The van der Waals surface area contributed by atoms with Crippen LogP contribution in [0.1, 0.15) is 29.9 Å². The van der Waals surface area contributed by atoms with Crippen molar-refractivity contribution >= 4 is 17.5 Å². The van der Waals surface area contributed by atoms with E-state index in [0.717, 1.165) is 32.0 Å². The first-order chi connectivity index (χ1) is 9.20. The zero-order valence-corrected chi connectivity index (χ0v) is 11.4. The van der Waals surface area contributed by atoms with Gasteiger partial charge in [0, 0.05) is 25.0 Å². The van der Waals surface area contributed by atoms with Crippen molar-refractivity contribution in [2.24, 2.45) is 5.92 Å². The molecule has 3 saturated heterocycles. The number of hydrogen-bond acceptors (Lipinski definition) is 4. The van der Waals surface area contributed by atoms with E-state index in [1.807, 2.05) is 0 Å². The van der Waals surface area contributed by atoms with Crippen LogP contribution in [0.2, 0.25) is 5.02 Å². The van der Waals surface area contributed by atoms with Gasteiger partial charge < -0.3 is 10.2 Å². The van der Waals surface area contributed by atoms with Crippen LogP contribution in [0.4, 0.5) is 0 Å². The van der Waals surface area contributed by atoms with Crippen LogP contribution in [0.25, 0.3) is 0 Å². The molecule has 1 atom stereocenters. The summed E-state index contributed by atoms with van der Waals surface area (Å²) >= 11 is 5.71. The number of nitrogens with one attached hydrogen (secondary N) is 1. The minimum absolute atomic E-state index is 0.191. The number of nitrogens with zero attached hydrogens (tertiary/aromatic N) is 3. The third-order valence-corrected chi connectivity index (χ3v) is 4.16. The second-order valence-corrected chi connectivity index (χ2v) is 5.81. The lowest BCUT2D eigenvalue weighted by molar-refractivity contribution is 0.0918. The van der Waals surface area contributed by atoms with Gasteiger partial charge in [-0.1, -0.05) is 11.6 Å². The second-order valence-electron chi connectivity index (χ2n) is 5.37. The van der Waals surface area contributed by atoms with Crippen molar-refractivity contribution in [1.82, 2.24) is 20.2 Å². The summed E-state index contributed by atoms with van der Waals surface area (Å²) in [4.78, 5) is 22.4. The van der Waals surface area contributed by atoms with Crippen molar-refractivity contribution in [3.8, 4) is 0 Å². The van der Waals surface area contributed by atoms with E-state index in [2.05, 4.69) is 20.2 Å². The Morgan fingerprint density at radius 1 is 1.32 bits per heavy atom. The SMILES string of the molecule is O=C(N[C@@H]1CC2CCN(CC2)C1)c1ncc(Cl)cn1. The molecule has 0 unspecified atom stereocenters. The number of fused-ring (bicyclic) bond motifs is 4. The third-order valence-electron chi connectivity index (χ3n) is 3.96. The standard InChI is InChI=1S/C13H17ClN4O/c14-10-6-15-12(16-7-10)13(19)17-11-5-9-1-3-18(8-11)4-2-9/h6-7,9,11H,1-5,8H2,(H,17,19)/t11-/m1/s1. The molecule has 102 valence electrons. The molecule has 1 aromatic heterocycles. The third kappa shape index (κ3) is 3.04. The van der Waals surface area contributed by atoms with Crippen molar-refractivity contribution < 1.29 is 4.79 Å². The van der Waals surface area contributed by atoms with Crippen LogP contribution >= 0.6 is 11.6 Å². The molecule has 0 saturated carbocycles. The van der Waals surface area contributed by atoms with Gasteiger partial charge in [-0.3, -0.25) is 4.79 Å². The summed E-state index contributed by atoms with van der Waals surface area (Å²) in [6.45, 7) is 3.26. The lowest BCUT2D eigenvalue weighted by Gasteiger charge is -2.26. The zero-order chi connectivity index (χ0) is 13.2. The van der Waals surface area contributed by atoms with E-state index >= 15 is 0 Å². The summed E-state index contributed by atoms with van der Waals surface area (Å²) in [5.41, 5.74) is 0. The fourth-order valence-electron chi connectivity index (χ4n) is 2.98. The van der Waals surface area contributed by atoms with Gasteiger partial charge in [0.25, 0.3) is 5.91 Å². The predicted molar refractivity (Wildman–Crippen MR) is 72.1 cm³/mol. The van der Waals surface area contributed by atoms with Gasteiger partial charge in [-0.05, 0) is 38.3 Å². The molecule has 0 radical (unpaired) electrons. The molecule has 0 aromatic carbocycles. The monoisotopic (exact) mass is 280 g/mol. The normalized spacial score (nSPS) is 29.8. The molecule has 3 fully saturated rings. The minimum Gasteiger partial charge on any atom is -0.345 e. The van der Waals surface area contributed by atoms with Gasteiger partial charge in [0.05, 0.1) is 5.02 Å². The molecule has 1 aromatic rings. The summed E-state index contributed by atoms with van der Waals surface area (Å²) in [5, 5.41) is 3.49. The molecule has 4 heterocycles. The number of amides is 1. The molecule has 3 aliphatic rings. The van der Waals surface area contributed by atoms with E-state index < -0.39 is 0 Å². The van der Waals surface area contributed by atoms with E-state index in [1.54, 1.807) is 0 Å². The van der Waals surface area contributed by atoms with Crippen molar-refractivity contribution in [2.45, 2.75) is 25.3 Å². The second kappa shape index (κ2) is 5.43. The predicted octanol–water partition coefficient (Wildman–Crippen LogP) is 1.34. The Balaban J connectivity index is 1.64. The molecule has 3 aliphatic heterocycles. The van der Waals surface area contributed by atoms with Crippen molar-refractivity contribution in [3.63, 3.8) is 0 Å². The lowest BCUT2D eigenvalue weighted by atomic mass is 9.94. The fraction of sp³-hybridized carbons (Fsp3) is 0.615. The maximum Gasteiger partial charge on any atom is 0.289 e. The van der Waals surface area contributed by atoms with Crippen LogP contribution in [0.5, 0.6) is 0 Å². The maximum absolute atomic E-state index is 12.1. The summed E-state index contributed by atoms with van der Waals surface area (Å²) in [5.74, 6) is 0.732. The number of rotatable bonds is 2. The molecule has 5 nitrogen and oxygen atoms in total. The van der Waals surface area contributed by atoms with Crippen molar-refractivity contribution in [2.75, 3.05) is 19.6 Å². The molecule has 1 N–H and O–H groups in total. The van der Waals surface area contributed by atoms with Crippen molar-refractivity contribution in [3.05, 3.63) is 23.2 Å². The van der Waals surface area contributed by atoms with E-state index in [0.29, 0.717) is 5.02 Å². The number of carbonyl (C=O) groups is 1. The van der Waals surface area contributed by atoms with Gasteiger partial charge in [-0.15, -0.1) is 0 Å². The lowest BCUT2D eigenvalue weighted by Crippen LogP contribution is -2.42. The minimum atomic E-state index is -0.204. The zero-order valence-electron chi connectivity index (χ0n) is 10.7. The highest BCUT2D eigenvalue weighted by Gasteiger charge is 2.30. The smallest absolute Gasteiger partial charge is 0.289 e. The quantitative estimate of drug-likeness (QED) is 0.888. The van der Waals surface area contributed by atoms with Gasteiger partial charge in [0.2, 0.25) is 5.82 Å². The van der Waals surface area contributed by atoms with Gasteiger partial charge >= 0.3 is 0 Å². The number of halogens is 1. The number of piperidine rings is 1. The van der Waals surface area contributed by atoms with Gasteiger partial charge in [-0.2, -0.15) is 0 Å². The van der Waals surface area contributed by atoms with Crippen LogP contribution in [-0.4, -0.2) is 46.5 Å². The molecule has 0 spiro atoms. The van der Waals surface area contributed by atoms with Crippen LogP contribution in [-0.2, 0) is 0 Å². The summed E-state index contributed by atoms with van der Waals surface area (Å²) in [7, 11) is 0. The number of hydrogen-bond donors (Lipinski definition) is 1. The summed E-state index contributed by atoms with van der Waals surface area (Å²) in [6.07, 6.45) is 6.47. The maximum atomic E-state index is 12.1. The fourth-order valence-corrected chi connectivity index (χ4v) is 3.07. The molecule has 4 rings (SSSR count). The Morgan fingerprint density at radius 2 is 2.00 bits per heavy atom. The van der Waals surface area contributed by atoms with Crippen LogP contribution in [0.15, 0.2) is 12.4 Å².